The molecule has 12 bridgehead atoms. The van der Waals surface area contributed by atoms with Gasteiger partial charge in [-0.1, -0.05) is 40.0 Å². The first-order valence-electron chi connectivity index (χ1n) is 44.6. The van der Waals surface area contributed by atoms with Crippen molar-refractivity contribution in [2.75, 3.05) is 39.6 Å². The van der Waals surface area contributed by atoms with Crippen molar-refractivity contribution in [3.63, 3.8) is 0 Å². The average molecular weight is 1900 g/mol. The zero-order chi connectivity index (χ0) is 93.3. The molecule has 0 amide bonds. The minimum atomic E-state index is -6.08. The molecular weight excluding hydrogens is 1800 g/mol. The zero-order valence-corrected chi connectivity index (χ0v) is 73.9. The van der Waals surface area contributed by atoms with Crippen molar-refractivity contribution in [2.45, 2.75) is 258 Å². The molecule has 0 aromatic heterocycles. The highest BCUT2D eigenvalue weighted by Crippen LogP contribution is 2.70. The van der Waals surface area contributed by atoms with E-state index in [1.807, 2.05) is 13.8 Å². The summed E-state index contributed by atoms with van der Waals surface area (Å²) >= 11 is 0. The Hall–Kier alpha value is -7.17. The van der Waals surface area contributed by atoms with Crippen LogP contribution in [0.25, 0.3) is 0 Å². The summed E-state index contributed by atoms with van der Waals surface area (Å²) in [4.78, 5) is 153. The molecule has 36 nitrogen and oxygen atoms in total. The highest BCUT2D eigenvalue weighted by atomic mass is 32.2. The molecule has 3 aliphatic heterocycles. The lowest BCUT2D eigenvalue weighted by molar-refractivity contribution is -0.190. The van der Waals surface area contributed by atoms with Gasteiger partial charge in [-0.15, -0.1) is 0 Å². The lowest BCUT2D eigenvalue weighted by Crippen LogP contribution is -2.52. The van der Waals surface area contributed by atoms with E-state index in [1.165, 1.54) is 38.5 Å². The Kier molecular flexibility index (Phi) is 25.3. The molecule has 0 aromatic carbocycles. The maximum Gasteiger partial charge on any atom is 0.370 e. The van der Waals surface area contributed by atoms with E-state index in [4.69, 9.17) is 56.8 Å². The van der Waals surface area contributed by atoms with E-state index in [0.717, 1.165) is 57.8 Å². The van der Waals surface area contributed by atoms with Crippen molar-refractivity contribution in [2.24, 2.45) is 148 Å². The highest BCUT2D eigenvalue weighted by Gasteiger charge is 2.76. The summed E-state index contributed by atoms with van der Waals surface area (Å²) in [7, 11) is -18.2. The maximum absolute atomic E-state index is 13.9. The second kappa shape index (κ2) is 34.3. The molecule has 0 N–H and O–H groups in total. The standard InChI is InChI=1S/C29H38F2O12S.C28H36F2O12S.C27H34F2O12S/c1-12(2)28(9-14-7-19(28)16-6-4-5-15(14)16)43-27(35)23-18-8-17-22(23)26(34)42-25(17)24(18)41-21(33)11-39-10-20(32)40-13(3)29(30,31)44(36,37)38;1-3-27(9-13-7-18(27)15-6-4-5-14(13)15)42-26(34)22-17-8-16-21(22)25(33)41-24(16)23(17)40-20(32)11-38-10-19(31)39-12(2)28(29,30)43(35,36)37;1-11(27(28,29)42(34,35)36)38-18(30)9-37-10-19(31)39-22-16-7-15-20(24(32)40-23(15)22)21(16)25(33)41-26(2)8-12-6-17(26)14-5-3-4-13(12)14/h12-19,22-25H,4-11H2,1-3H3,(H,36,37,38);12-18,21-24H,3-11H2,1-2H3,(H,35,36,37);11-17,20-23H,3-10H2,1-2H3,(H,34,35,36)/p-3. The average Bonchev–Trinajstić information content (AvgIpc) is 1.53. The van der Waals surface area contributed by atoms with Gasteiger partial charge in [0.25, 0.3) is 0 Å². The quantitative estimate of drug-likeness (QED) is 0.0338. The van der Waals surface area contributed by atoms with Crippen molar-refractivity contribution in [1.82, 2.24) is 0 Å². The van der Waals surface area contributed by atoms with Crippen molar-refractivity contribution >= 4 is 102 Å². The lowest BCUT2D eigenvalue weighted by atomic mass is 9.68. The van der Waals surface area contributed by atoms with E-state index in [0.29, 0.717) is 117 Å². The number of hydrogen-bond donors (Lipinski definition) is 0. The Bertz CT molecular complexity index is 4860. The molecule has 18 rings (SSSR count). The third-order valence-corrected chi connectivity index (χ3v) is 36.3. The zero-order valence-electron chi connectivity index (χ0n) is 71.5. The largest absolute Gasteiger partial charge is 0.743 e. The Morgan fingerprint density at radius 2 is 0.698 bits per heavy atom. The van der Waals surface area contributed by atoms with E-state index in [2.05, 4.69) is 28.1 Å². The molecule has 45 heteroatoms. The molecule has 0 spiro atoms. The Balaban J connectivity index is 0.000000142. The number of rotatable bonds is 32. The lowest BCUT2D eigenvalue weighted by Gasteiger charge is -2.46. The summed E-state index contributed by atoms with van der Waals surface area (Å²) in [6.07, 6.45) is 5.69. The summed E-state index contributed by atoms with van der Waals surface area (Å²) < 4.78 is 257. The molecule has 129 heavy (non-hydrogen) atoms. The molecule has 720 valence electrons. The number of carbonyl (C=O) groups is 12. The smallest absolute Gasteiger partial charge is 0.370 e. The molecule has 0 radical (unpaired) electrons. The molecule has 0 aromatic rings. The van der Waals surface area contributed by atoms with Crippen LogP contribution < -0.4 is 0 Å². The minimum absolute atomic E-state index is 0.0984. The minimum Gasteiger partial charge on any atom is -0.743 e. The van der Waals surface area contributed by atoms with E-state index in [-0.39, 0.29) is 23.7 Å². The van der Waals surface area contributed by atoms with E-state index >= 15 is 0 Å². The van der Waals surface area contributed by atoms with Crippen LogP contribution >= 0.6 is 0 Å². The molecule has 3 heterocycles. The molecule has 18 fully saturated rings. The van der Waals surface area contributed by atoms with Crippen LogP contribution in [0.2, 0.25) is 0 Å². The van der Waals surface area contributed by atoms with Gasteiger partial charge in [-0.25, -0.2) is 54.0 Å². The second-order valence-corrected chi connectivity index (χ2v) is 44.0. The van der Waals surface area contributed by atoms with Gasteiger partial charge in [-0.3, -0.25) is 28.8 Å². The third kappa shape index (κ3) is 16.4. The molecule has 36 atom stereocenters. The van der Waals surface area contributed by atoms with Crippen LogP contribution in [0, 0.1) is 148 Å². The van der Waals surface area contributed by atoms with Gasteiger partial charge < -0.3 is 84.7 Å². The summed E-state index contributed by atoms with van der Waals surface area (Å²) in [6.45, 7) is 4.31. The molecule has 3 saturated heterocycles. The van der Waals surface area contributed by atoms with Crippen LogP contribution in [0.5, 0.6) is 0 Å². The topological polar surface area (TPSA) is 515 Å². The predicted octanol–water partition coefficient (Wildman–Crippen LogP) is 5.68. The Labute approximate surface area is 737 Å². The number of esters is 12. The first kappa shape index (κ1) is 95.0. The maximum atomic E-state index is 13.9. The van der Waals surface area contributed by atoms with Crippen LogP contribution in [-0.2, 0) is 159 Å². The van der Waals surface area contributed by atoms with Crippen molar-refractivity contribution in [1.29, 1.82) is 0 Å². The van der Waals surface area contributed by atoms with Crippen LogP contribution in [0.1, 0.15) is 170 Å². The summed E-state index contributed by atoms with van der Waals surface area (Å²) in [5.74, 6) is -10.5. The molecule has 18 aliphatic rings. The summed E-state index contributed by atoms with van der Waals surface area (Å²) in [5, 5.41) is -14.6. The van der Waals surface area contributed by atoms with Gasteiger partial charge in [-0.05, 0) is 190 Å². The van der Waals surface area contributed by atoms with Crippen molar-refractivity contribution in [3.8, 4) is 0 Å². The Morgan fingerprint density at radius 1 is 0.395 bits per heavy atom. The van der Waals surface area contributed by atoms with Gasteiger partial charge in [-0.2, -0.15) is 26.3 Å². The van der Waals surface area contributed by atoms with Gasteiger partial charge >= 0.3 is 87.4 Å². The van der Waals surface area contributed by atoms with Gasteiger partial charge in [0.05, 0.1) is 35.5 Å². The van der Waals surface area contributed by atoms with Crippen LogP contribution in [0.3, 0.4) is 0 Å². The monoisotopic (exact) mass is 1900 g/mol. The van der Waals surface area contributed by atoms with Gasteiger partial charge in [0.15, 0.2) is 48.7 Å². The fraction of sp³-hybridized carbons (Fsp3) is 0.857. The second-order valence-electron chi connectivity index (χ2n) is 39.6. The third-order valence-electron chi connectivity index (χ3n) is 33.3. The van der Waals surface area contributed by atoms with E-state index in [9.17, 15) is 123 Å². The van der Waals surface area contributed by atoms with Crippen LogP contribution in [-0.4, -0.2) is 238 Å². The predicted molar refractivity (Wildman–Crippen MR) is 406 cm³/mol. The van der Waals surface area contributed by atoms with E-state index in [1.54, 1.807) is 0 Å². The van der Waals surface area contributed by atoms with Crippen molar-refractivity contribution < 1.29 is 194 Å². The Morgan fingerprint density at radius 3 is 1.05 bits per heavy atom. The number of alkyl halides is 6. The number of hydrogen-bond acceptors (Lipinski definition) is 36. The number of halogens is 6. The number of ether oxygens (including phenoxy) is 15. The molecule has 15 saturated carbocycles. The number of carbonyl (C=O) groups excluding carboxylic acids is 12. The van der Waals surface area contributed by atoms with Gasteiger partial charge in [0.2, 0.25) is 0 Å². The van der Waals surface area contributed by atoms with Gasteiger partial charge in [0.1, 0.15) is 93.1 Å². The summed E-state index contributed by atoms with van der Waals surface area (Å²) in [6, 6.07) is 0. The van der Waals surface area contributed by atoms with E-state index < -0.39 is 282 Å². The van der Waals surface area contributed by atoms with Crippen molar-refractivity contribution in [3.05, 3.63) is 0 Å². The first-order chi connectivity index (χ1) is 60.4. The molecule has 36 unspecified atom stereocenters. The van der Waals surface area contributed by atoms with Gasteiger partial charge in [0, 0.05) is 53.3 Å². The fourth-order valence-electron chi connectivity index (χ4n) is 28.3. The summed E-state index contributed by atoms with van der Waals surface area (Å²) in [5.41, 5.74) is -1.74. The fourth-order valence-corrected chi connectivity index (χ4v) is 29.7. The highest BCUT2D eigenvalue weighted by molar-refractivity contribution is 7.87. The number of fused-ring (bicyclic) bond motifs is 18. The first-order valence-corrected chi connectivity index (χ1v) is 48.8. The SMILES string of the molecule is CC(C)C1(OC(=O)C2C3CC4C(OC(=O)C42)C3OC(=O)COCC(=O)OC(C)C(F)(F)S(=O)(=O)[O-])CC2CC1C1CCCC21.CC(OC(=O)COCC(=O)OC1C2CC3C1OC(=O)C3C2C(=O)OC1(C)CC2CC1C1CCCC21)C(F)(F)S(=O)(=O)[O-].CCC1(OC(=O)C2C3CC4C(OC(=O)C42)C3OC(=O)COCC(=O)OC(C)C(F)(F)S(=O)(=O)[O-])CC2CC1C1CCCC21. The van der Waals surface area contributed by atoms with Crippen LogP contribution in [0.15, 0.2) is 0 Å². The normalized spacial score (nSPS) is 41.2. The molecule has 15 aliphatic carbocycles. The molecular formula is C84H105F6O36S3-3. The van der Waals surface area contributed by atoms with Crippen LogP contribution in [0.4, 0.5) is 26.3 Å².